The maximum Gasteiger partial charge on any atom is 0.573 e. The molecule has 0 radical (unpaired) electrons. The van der Waals surface area contributed by atoms with Crippen LogP contribution in [-0.4, -0.2) is 16.3 Å². The van der Waals surface area contributed by atoms with Crippen LogP contribution in [0.3, 0.4) is 0 Å². The zero-order valence-corrected chi connectivity index (χ0v) is 15.4. The smallest absolute Gasteiger partial charge is 0.436 e. The van der Waals surface area contributed by atoms with Crippen LogP contribution in [0.15, 0.2) is 53.2 Å². The minimum Gasteiger partial charge on any atom is -0.436 e. The van der Waals surface area contributed by atoms with E-state index in [4.69, 9.17) is 10.2 Å². The Bertz CT molecular complexity index is 1240. The Morgan fingerprint density at radius 3 is 2.57 bits per heavy atom. The number of nitrogens with one attached hydrogen (secondary N) is 1. The van der Waals surface area contributed by atoms with Gasteiger partial charge in [0, 0.05) is 35.4 Å². The van der Waals surface area contributed by atoms with E-state index >= 15 is 0 Å². The number of ether oxygens (including phenoxy) is 1. The molecule has 3 heterocycles. The van der Waals surface area contributed by atoms with Crippen molar-refractivity contribution in [2.24, 2.45) is 0 Å². The molecular formula is C20H14F4N4O2. The Labute approximate surface area is 167 Å². The molecule has 0 saturated carbocycles. The number of benzene rings is 1. The van der Waals surface area contributed by atoms with Crippen molar-refractivity contribution < 1.29 is 26.7 Å². The van der Waals surface area contributed by atoms with Crippen molar-refractivity contribution in [1.82, 2.24) is 9.97 Å². The number of furan rings is 1. The highest BCUT2D eigenvalue weighted by Crippen LogP contribution is 2.39. The van der Waals surface area contributed by atoms with Crippen molar-refractivity contribution in [3.05, 3.63) is 60.3 Å². The molecule has 3 aromatic heterocycles. The third kappa shape index (κ3) is 3.84. The number of pyridine rings is 2. The summed E-state index contributed by atoms with van der Waals surface area (Å²) in [6.45, 7) is 1.84. The van der Waals surface area contributed by atoms with Gasteiger partial charge >= 0.3 is 6.36 Å². The molecular weight excluding hydrogens is 404 g/mol. The number of hydrogen-bond acceptors (Lipinski definition) is 6. The molecule has 0 fully saturated rings. The highest BCUT2D eigenvalue weighted by Gasteiger charge is 2.32. The highest BCUT2D eigenvalue weighted by atomic mass is 19.4. The molecule has 0 aliphatic rings. The summed E-state index contributed by atoms with van der Waals surface area (Å²) in [4.78, 5) is 8.49. The fraction of sp³-hybridized carbons (Fsp3) is 0.100. The molecule has 6 nitrogen and oxygen atoms in total. The second-order valence-electron chi connectivity index (χ2n) is 6.38. The highest BCUT2D eigenvalue weighted by molar-refractivity contribution is 6.03. The standard InChI is InChI=1S/C20H14F4N4O2/c1-10-8-11(4-6-26-10)16-18-13(5-7-27-16)17(19(25)29-18)28-12-2-3-14(21)15(9-12)30-20(22,23)24/h2-9,28H,25H2,1H3. The van der Waals surface area contributed by atoms with Crippen LogP contribution >= 0.6 is 0 Å². The Balaban J connectivity index is 1.75. The molecule has 0 spiro atoms. The Hall–Kier alpha value is -3.82. The summed E-state index contributed by atoms with van der Waals surface area (Å²) < 4.78 is 60.5. The summed E-state index contributed by atoms with van der Waals surface area (Å²) in [5.74, 6) is -2.12. The predicted octanol–water partition coefficient (Wildman–Crippen LogP) is 5.56. The molecule has 0 aliphatic carbocycles. The molecule has 4 aromatic rings. The summed E-state index contributed by atoms with van der Waals surface area (Å²) >= 11 is 0. The second-order valence-corrected chi connectivity index (χ2v) is 6.38. The van der Waals surface area contributed by atoms with Gasteiger partial charge in [0.1, 0.15) is 11.4 Å². The van der Waals surface area contributed by atoms with Gasteiger partial charge in [-0.3, -0.25) is 9.97 Å². The van der Waals surface area contributed by atoms with E-state index in [1.165, 1.54) is 6.07 Å². The van der Waals surface area contributed by atoms with Gasteiger partial charge in [-0.1, -0.05) is 0 Å². The Kier molecular flexibility index (Phi) is 4.69. The van der Waals surface area contributed by atoms with E-state index in [1.54, 1.807) is 24.5 Å². The number of alkyl halides is 3. The number of fused-ring (bicyclic) bond motifs is 1. The summed E-state index contributed by atoms with van der Waals surface area (Å²) in [5.41, 5.74) is 8.89. The van der Waals surface area contributed by atoms with Crippen LogP contribution < -0.4 is 15.8 Å². The van der Waals surface area contributed by atoms with Crippen LogP contribution in [0, 0.1) is 12.7 Å². The monoisotopic (exact) mass is 418 g/mol. The van der Waals surface area contributed by atoms with Gasteiger partial charge in [-0.2, -0.15) is 0 Å². The average Bonchev–Trinajstić information content (AvgIpc) is 2.99. The number of nitrogens with two attached hydrogens (primary N) is 1. The lowest BCUT2D eigenvalue weighted by Crippen LogP contribution is -2.18. The minimum absolute atomic E-state index is 0.00681. The average molecular weight is 418 g/mol. The molecule has 154 valence electrons. The van der Waals surface area contributed by atoms with Crippen molar-refractivity contribution in [3.8, 4) is 17.0 Å². The molecule has 0 atom stereocenters. The van der Waals surface area contributed by atoms with Gasteiger partial charge in [-0.15, -0.1) is 13.2 Å². The van der Waals surface area contributed by atoms with Gasteiger partial charge in [0.05, 0.1) is 5.39 Å². The van der Waals surface area contributed by atoms with Gasteiger partial charge in [-0.25, -0.2) is 4.39 Å². The van der Waals surface area contributed by atoms with Crippen molar-refractivity contribution >= 4 is 28.2 Å². The van der Waals surface area contributed by atoms with Gasteiger partial charge in [-0.05, 0) is 37.3 Å². The first-order chi connectivity index (χ1) is 14.2. The zero-order chi connectivity index (χ0) is 21.5. The van der Waals surface area contributed by atoms with Crippen LogP contribution in [-0.2, 0) is 0 Å². The maximum atomic E-state index is 13.7. The van der Waals surface area contributed by atoms with Crippen molar-refractivity contribution in [2.45, 2.75) is 13.3 Å². The molecule has 0 bridgehead atoms. The molecule has 10 heteroatoms. The first-order valence-corrected chi connectivity index (χ1v) is 8.63. The largest absolute Gasteiger partial charge is 0.573 e. The first kappa shape index (κ1) is 19.5. The van der Waals surface area contributed by atoms with Gasteiger partial charge in [0.25, 0.3) is 0 Å². The van der Waals surface area contributed by atoms with E-state index in [-0.39, 0.29) is 11.6 Å². The normalized spacial score (nSPS) is 11.6. The van der Waals surface area contributed by atoms with Crippen LogP contribution in [0.25, 0.3) is 22.2 Å². The number of aromatic nitrogens is 2. The number of nitrogens with zero attached hydrogens (tertiary/aromatic N) is 2. The number of halogens is 4. The quantitative estimate of drug-likeness (QED) is 0.422. The molecule has 0 unspecified atom stereocenters. The lowest BCUT2D eigenvalue weighted by molar-refractivity contribution is -0.275. The SMILES string of the molecule is Cc1cc(-c2nccc3c(Nc4ccc(F)c(OC(F)(F)F)c4)c(N)oc23)ccn1. The third-order valence-corrected chi connectivity index (χ3v) is 4.23. The topological polar surface area (TPSA) is 86.2 Å². The molecule has 4 rings (SSSR count). The number of hydrogen-bond donors (Lipinski definition) is 2. The lowest BCUT2D eigenvalue weighted by atomic mass is 10.1. The van der Waals surface area contributed by atoms with Gasteiger partial charge in [0.15, 0.2) is 17.1 Å². The third-order valence-electron chi connectivity index (χ3n) is 4.23. The number of nitrogen functional groups attached to an aromatic ring is 1. The molecule has 1 aromatic carbocycles. The fourth-order valence-corrected chi connectivity index (χ4v) is 3.00. The van der Waals surface area contributed by atoms with E-state index in [0.29, 0.717) is 22.4 Å². The summed E-state index contributed by atoms with van der Waals surface area (Å²) in [6, 6.07) is 8.23. The van der Waals surface area contributed by atoms with Crippen LogP contribution in [0.2, 0.25) is 0 Å². The summed E-state index contributed by atoms with van der Waals surface area (Å²) in [5, 5.41) is 3.42. The van der Waals surface area contributed by atoms with Crippen LogP contribution in [0.1, 0.15) is 5.69 Å². The predicted molar refractivity (Wildman–Crippen MR) is 103 cm³/mol. The zero-order valence-electron chi connectivity index (χ0n) is 15.4. The number of aryl methyl sites for hydroxylation is 1. The molecule has 3 N–H and O–H groups in total. The van der Waals surface area contributed by atoms with Crippen LogP contribution in [0.5, 0.6) is 5.75 Å². The molecule has 0 amide bonds. The van der Waals surface area contributed by atoms with E-state index in [0.717, 1.165) is 23.4 Å². The summed E-state index contributed by atoms with van der Waals surface area (Å²) in [7, 11) is 0. The van der Waals surface area contributed by atoms with E-state index < -0.39 is 17.9 Å². The maximum absolute atomic E-state index is 13.7. The Morgan fingerprint density at radius 1 is 1.07 bits per heavy atom. The first-order valence-electron chi connectivity index (χ1n) is 8.63. The number of rotatable bonds is 4. The van der Waals surface area contributed by atoms with Crippen molar-refractivity contribution in [3.63, 3.8) is 0 Å². The minimum atomic E-state index is -5.02. The number of anilines is 3. The Morgan fingerprint density at radius 2 is 1.83 bits per heavy atom. The lowest BCUT2D eigenvalue weighted by Gasteiger charge is -2.12. The van der Waals surface area contributed by atoms with Crippen molar-refractivity contribution in [1.29, 1.82) is 0 Å². The van der Waals surface area contributed by atoms with E-state index in [2.05, 4.69) is 20.0 Å². The molecule has 30 heavy (non-hydrogen) atoms. The van der Waals surface area contributed by atoms with E-state index in [9.17, 15) is 17.6 Å². The van der Waals surface area contributed by atoms with Gasteiger partial charge in [0.2, 0.25) is 5.88 Å². The second kappa shape index (κ2) is 7.21. The van der Waals surface area contributed by atoms with Crippen molar-refractivity contribution in [2.75, 3.05) is 11.1 Å². The fourth-order valence-electron chi connectivity index (χ4n) is 3.00. The molecule has 0 saturated heterocycles. The van der Waals surface area contributed by atoms with E-state index in [1.807, 2.05) is 13.0 Å². The van der Waals surface area contributed by atoms with Crippen LogP contribution in [0.4, 0.5) is 34.8 Å². The van der Waals surface area contributed by atoms with Gasteiger partial charge < -0.3 is 20.2 Å². The summed E-state index contributed by atoms with van der Waals surface area (Å²) in [6.07, 6.45) is -1.84. The molecule has 0 aliphatic heterocycles.